The molecule has 1 aromatic heterocycles. The minimum absolute atomic E-state index is 0. The van der Waals surface area contributed by atoms with Crippen LogP contribution >= 0.6 is 0 Å². The monoisotopic (exact) mass is 302 g/mol. The molecule has 0 spiro atoms. The molecule has 0 aliphatic rings. The summed E-state index contributed by atoms with van der Waals surface area (Å²) >= 11 is 0. The molecule has 1 aromatic rings. The van der Waals surface area contributed by atoms with Crippen LogP contribution in [0.5, 0.6) is 0 Å². The van der Waals surface area contributed by atoms with Gasteiger partial charge in [-0.2, -0.15) is 0 Å². The quantitative estimate of drug-likeness (QED) is 0.711. The second-order valence-electron chi connectivity index (χ2n) is 1.97. The van der Waals surface area contributed by atoms with E-state index in [0.717, 1.165) is 5.69 Å². The molecule has 0 radical (unpaired) electrons. The first-order valence-electron chi connectivity index (χ1n) is 2.68. The third kappa shape index (κ3) is 2.76. The summed E-state index contributed by atoms with van der Waals surface area (Å²) in [6.45, 7) is 4.06. The summed E-state index contributed by atoms with van der Waals surface area (Å²) in [5.41, 5.74) is 2.36. The molecule has 0 N–H and O–H groups in total. The number of aromatic nitrogens is 1. The molecule has 0 saturated heterocycles. The van der Waals surface area contributed by atoms with Crippen molar-refractivity contribution in [2.24, 2.45) is 0 Å². The molecule has 0 aromatic carbocycles. The Hall–Kier alpha value is -0.162. The minimum Gasteiger partial charge on any atom is -0.262 e. The van der Waals surface area contributed by atoms with E-state index in [2.05, 4.69) is 18.0 Å². The van der Waals surface area contributed by atoms with Crippen molar-refractivity contribution in [1.82, 2.24) is 4.98 Å². The van der Waals surface area contributed by atoms with Gasteiger partial charge < -0.3 is 0 Å². The molecule has 1 heterocycles. The van der Waals surface area contributed by atoms with E-state index in [9.17, 15) is 0 Å². The van der Waals surface area contributed by atoms with Gasteiger partial charge in [0.1, 0.15) is 0 Å². The van der Waals surface area contributed by atoms with Gasteiger partial charge in [-0.1, -0.05) is 0 Å². The van der Waals surface area contributed by atoms with Gasteiger partial charge in [0.25, 0.3) is 0 Å². The molecule has 2 heteroatoms. The van der Waals surface area contributed by atoms with Crippen molar-refractivity contribution in [3.63, 3.8) is 0 Å². The van der Waals surface area contributed by atoms with Crippen LogP contribution in [0.3, 0.4) is 0 Å². The molecule has 9 heavy (non-hydrogen) atoms. The fourth-order valence-electron chi connectivity index (χ4n) is 0.687. The minimum atomic E-state index is 0. The van der Waals surface area contributed by atoms with Crippen molar-refractivity contribution >= 4 is 0 Å². The summed E-state index contributed by atoms with van der Waals surface area (Å²) in [5.74, 6) is 0. The molecule has 0 aliphatic carbocycles. The first kappa shape index (κ1) is 8.84. The molecule has 1 rings (SSSR count). The summed E-state index contributed by atoms with van der Waals surface area (Å²) in [6, 6.07) is 4.05. The number of nitrogens with zero attached hydrogens (tertiary/aromatic N) is 1. The molecule has 0 amide bonds. The van der Waals surface area contributed by atoms with E-state index in [1.807, 2.05) is 19.2 Å². The average Bonchev–Trinajstić information content (AvgIpc) is 1.64. The smallest absolute Gasteiger partial charge is 0.262 e. The Morgan fingerprint density at radius 3 is 2.33 bits per heavy atom. The Morgan fingerprint density at radius 2 is 2.00 bits per heavy atom. The Balaban J connectivity index is 0.000000640. The van der Waals surface area contributed by atoms with Gasteiger partial charge in [0.2, 0.25) is 0 Å². The molecule has 0 atom stereocenters. The second kappa shape index (κ2) is 3.79. The molecule has 1 nitrogen and oxygen atoms in total. The predicted molar refractivity (Wildman–Crippen MR) is 33.7 cm³/mol. The zero-order valence-corrected chi connectivity index (χ0v) is 7.77. The van der Waals surface area contributed by atoms with E-state index < -0.39 is 0 Å². The van der Waals surface area contributed by atoms with Gasteiger partial charge in [-0.3, -0.25) is 4.98 Å². The fourth-order valence-corrected chi connectivity index (χ4v) is 0.687. The van der Waals surface area contributed by atoms with Gasteiger partial charge >= 0.3 is 21.1 Å². The molecule has 0 bridgehead atoms. The van der Waals surface area contributed by atoms with Crippen molar-refractivity contribution in [2.45, 2.75) is 13.8 Å². The Morgan fingerprint density at radius 1 is 1.33 bits per heavy atom. The van der Waals surface area contributed by atoms with Crippen LogP contribution in [0.4, 0.5) is 0 Å². The Kier molecular flexibility index (Phi) is 3.72. The van der Waals surface area contributed by atoms with Crippen molar-refractivity contribution in [1.29, 1.82) is 0 Å². The maximum atomic E-state index is 4.04. The number of hydrogen-bond donors (Lipinski definition) is 0. The summed E-state index contributed by atoms with van der Waals surface area (Å²) in [5, 5.41) is 0. The van der Waals surface area contributed by atoms with Gasteiger partial charge in [-0.15, -0.1) is 0 Å². The van der Waals surface area contributed by atoms with Crippen LogP contribution in [0.2, 0.25) is 0 Å². The zero-order valence-electron chi connectivity index (χ0n) is 5.50. The summed E-state index contributed by atoms with van der Waals surface area (Å²) < 4.78 is 0. The molecular weight excluding hydrogens is 293 g/mol. The molecule has 0 fully saturated rings. The zero-order chi connectivity index (χ0) is 5.98. The predicted octanol–water partition coefficient (Wildman–Crippen LogP) is 1.70. The molecule has 0 aliphatic heterocycles. The first-order chi connectivity index (χ1) is 3.79. The standard InChI is InChI=1S/C7H9N.Pt/c1-6-3-4-8-7(2)5-6;/h3-5H,1-2H3;/q;+4. The van der Waals surface area contributed by atoms with Crippen LogP contribution in [0, 0.1) is 13.8 Å². The fraction of sp³-hybridized carbons (Fsp3) is 0.286. The van der Waals surface area contributed by atoms with E-state index >= 15 is 0 Å². The van der Waals surface area contributed by atoms with Crippen molar-refractivity contribution in [3.05, 3.63) is 29.6 Å². The van der Waals surface area contributed by atoms with Gasteiger partial charge in [0, 0.05) is 11.9 Å². The third-order valence-corrected chi connectivity index (χ3v) is 1.05. The van der Waals surface area contributed by atoms with Gasteiger partial charge in [0.15, 0.2) is 0 Å². The van der Waals surface area contributed by atoms with E-state index in [-0.39, 0.29) is 21.1 Å². The first-order valence-corrected chi connectivity index (χ1v) is 2.68. The topological polar surface area (TPSA) is 12.9 Å². The molecular formula is C7H9NPt+4. The van der Waals surface area contributed by atoms with Gasteiger partial charge in [-0.05, 0) is 31.5 Å². The van der Waals surface area contributed by atoms with Gasteiger partial charge in [-0.25, -0.2) is 0 Å². The van der Waals surface area contributed by atoms with E-state index in [1.165, 1.54) is 5.56 Å². The van der Waals surface area contributed by atoms with Crippen molar-refractivity contribution < 1.29 is 21.1 Å². The van der Waals surface area contributed by atoms with Crippen LogP contribution in [-0.2, 0) is 21.1 Å². The largest absolute Gasteiger partial charge is 4.00 e. The molecule has 0 unspecified atom stereocenters. The van der Waals surface area contributed by atoms with Crippen molar-refractivity contribution in [2.75, 3.05) is 0 Å². The number of pyridine rings is 1. The summed E-state index contributed by atoms with van der Waals surface area (Å²) in [6.07, 6.45) is 1.82. The SMILES string of the molecule is Cc1ccnc(C)c1.[Pt+4]. The van der Waals surface area contributed by atoms with Crippen LogP contribution in [-0.4, -0.2) is 4.98 Å². The number of hydrogen-bond acceptors (Lipinski definition) is 1. The second-order valence-corrected chi connectivity index (χ2v) is 1.97. The van der Waals surface area contributed by atoms with Crippen molar-refractivity contribution in [3.8, 4) is 0 Å². The van der Waals surface area contributed by atoms with Crippen LogP contribution in [0.25, 0.3) is 0 Å². The van der Waals surface area contributed by atoms with E-state index in [4.69, 9.17) is 0 Å². The van der Waals surface area contributed by atoms with Crippen LogP contribution in [0.15, 0.2) is 18.3 Å². The summed E-state index contributed by atoms with van der Waals surface area (Å²) in [7, 11) is 0. The maximum Gasteiger partial charge on any atom is 4.00 e. The van der Waals surface area contributed by atoms with Crippen LogP contribution < -0.4 is 0 Å². The van der Waals surface area contributed by atoms with Gasteiger partial charge in [0.05, 0.1) is 0 Å². The Bertz CT molecular complexity index is 169. The van der Waals surface area contributed by atoms with Crippen LogP contribution in [0.1, 0.15) is 11.3 Å². The Labute approximate surface area is 69.8 Å². The number of rotatable bonds is 0. The molecule has 0 saturated carbocycles. The normalized spacial score (nSPS) is 8.22. The average molecular weight is 302 g/mol. The molecule has 48 valence electrons. The van der Waals surface area contributed by atoms with E-state index in [0.29, 0.717) is 0 Å². The van der Waals surface area contributed by atoms with E-state index in [1.54, 1.807) is 0 Å². The number of aryl methyl sites for hydroxylation is 2. The maximum absolute atomic E-state index is 4.04. The third-order valence-electron chi connectivity index (χ3n) is 1.05. The summed E-state index contributed by atoms with van der Waals surface area (Å²) in [4.78, 5) is 4.04.